The molecule has 0 atom stereocenters. The summed E-state index contributed by atoms with van der Waals surface area (Å²) < 4.78 is 16.4. The second-order valence-electron chi connectivity index (χ2n) is 7.36. The van der Waals surface area contributed by atoms with Gasteiger partial charge in [-0.05, 0) is 24.2 Å². The Kier molecular flexibility index (Phi) is 5.77. The van der Waals surface area contributed by atoms with Crippen molar-refractivity contribution >= 4 is 11.8 Å². The van der Waals surface area contributed by atoms with Crippen molar-refractivity contribution in [3.63, 3.8) is 0 Å². The van der Waals surface area contributed by atoms with Crippen LogP contribution in [0.5, 0.6) is 11.5 Å². The van der Waals surface area contributed by atoms with E-state index in [1.54, 1.807) is 6.92 Å². The number of hydrogen-bond donors (Lipinski definition) is 0. The highest BCUT2D eigenvalue weighted by molar-refractivity contribution is 5.78. The molecule has 4 rings (SSSR count). The molecule has 1 aromatic carbocycles. The molecule has 1 amide bonds. The van der Waals surface area contributed by atoms with E-state index in [1.165, 1.54) is 0 Å². The number of ether oxygens (including phenoxy) is 2. The van der Waals surface area contributed by atoms with E-state index >= 15 is 0 Å². The summed E-state index contributed by atoms with van der Waals surface area (Å²) in [5.74, 6) is 2.59. The number of aromatic nitrogens is 1. The summed E-state index contributed by atoms with van der Waals surface area (Å²) in [5.41, 5.74) is 1.39. The number of carbonyl (C=O) groups excluding carboxylic acids is 1. The van der Waals surface area contributed by atoms with Crippen LogP contribution in [0.15, 0.2) is 22.6 Å². The smallest absolute Gasteiger partial charge is 0.236 e. The molecule has 0 aliphatic carbocycles. The Balaban J connectivity index is 1.32. The molecule has 2 aromatic rings. The Morgan fingerprint density at radius 3 is 2.73 bits per heavy atom. The van der Waals surface area contributed by atoms with Crippen molar-refractivity contribution in [2.75, 3.05) is 51.0 Å². The third kappa shape index (κ3) is 4.19. The number of anilines is 1. The highest BCUT2D eigenvalue weighted by Gasteiger charge is 2.26. The first-order valence-electron chi connectivity index (χ1n) is 10.1. The van der Waals surface area contributed by atoms with E-state index < -0.39 is 0 Å². The molecule has 2 aliphatic rings. The van der Waals surface area contributed by atoms with Gasteiger partial charge in [-0.1, -0.05) is 13.0 Å². The van der Waals surface area contributed by atoms with Gasteiger partial charge in [-0.2, -0.15) is 5.26 Å². The van der Waals surface area contributed by atoms with Crippen LogP contribution in [-0.2, 0) is 11.3 Å². The fourth-order valence-electron chi connectivity index (χ4n) is 3.73. The lowest BCUT2D eigenvalue weighted by Crippen LogP contribution is -2.51. The van der Waals surface area contributed by atoms with Crippen molar-refractivity contribution in [3.8, 4) is 17.6 Å². The Morgan fingerprint density at radius 1 is 1.23 bits per heavy atom. The normalized spacial score (nSPS) is 15.5. The Hall–Kier alpha value is -3.25. The van der Waals surface area contributed by atoms with E-state index in [2.05, 4.69) is 16.0 Å². The van der Waals surface area contributed by atoms with Gasteiger partial charge in [-0.25, -0.2) is 4.98 Å². The summed E-state index contributed by atoms with van der Waals surface area (Å²) in [4.78, 5) is 22.9. The van der Waals surface area contributed by atoms with Gasteiger partial charge in [0.05, 0.1) is 6.54 Å². The van der Waals surface area contributed by atoms with Crippen molar-refractivity contribution in [1.82, 2.24) is 14.8 Å². The molecule has 1 aromatic heterocycles. The first-order chi connectivity index (χ1) is 14.6. The van der Waals surface area contributed by atoms with Crippen LogP contribution in [0.25, 0.3) is 0 Å². The molecule has 0 N–H and O–H groups in total. The van der Waals surface area contributed by atoms with Gasteiger partial charge in [0.25, 0.3) is 0 Å². The van der Waals surface area contributed by atoms with Gasteiger partial charge in [-0.15, -0.1) is 0 Å². The van der Waals surface area contributed by atoms with E-state index in [-0.39, 0.29) is 12.7 Å². The van der Waals surface area contributed by atoms with E-state index in [0.29, 0.717) is 56.7 Å². The maximum absolute atomic E-state index is 12.8. The summed E-state index contributed by atoms with van der Waals surface area (Å²) in [6.45, 7) is 8.23. The highest BCUT2D eigenvalue weighted by atomic mass is 16.7. The van der Waals surface area contributed by atoms with Crippen molar-refractivity contribution < 1.29 is 18.7 Å². The standard InChI is InChI=1S/C21H25N5O4/c1-3-24(12-16-4-5-18-19(10-16)29-14-28-18)13-20(27)25-6-8-26(9-7-25)21-17(11-22)23-15(2)30-21/h4-5,10H,3,6-9,12-14H2,1-2H3. The summed E-state index contributed by atoms with van der Waals surface area (Å²) in [5, 5.41) is 9.22. The Labute approximate surface area is 175 Å². The fraction of sp³-hybridized carbons (Fsp3) is 0.476. The zero-order chi connectivity index (χ0) is 21.1. The van der Waals surface area contributed by atoms with Crippen LogP contribution < -0.4 is 14.4 Å². The zero-order valence-corrected chi connectivity index (χ0v) is 17.3. The molecule has 0 saturated carbocycles. The predicted octanol–water partition coefficient (Wildman–Crippen LogP) is 1.75. The minimum atomic E-state index is 0.103. The summed E-state index contributed by atoms with van der Waals surface area (Å²) >= 11 is 0. The average Bonchev–Trinajstić information content (AvgIpc) is 3.38. The third-order valence-electron chi connectivity index (χ3n) is 5.39. The quantitative estimate of drug-likeness (QED) is 0.710. The lowest BCUT2D eigenvalue weighted by Gasteiger charge is -2.35. The molecule has 0 unspecified atom stereocenters. The Bertz CT molecular complexity index is 959. The number of nitrogens with zero attached hydrogens (tertiary/aromatic N) is 5. The number of carbonyl (C=O) groups is 1. The molecule has 9 heteroatoms. The summed E-state index contributed by atoms with van der Waals surface area (Å²) in [6.07, 6.45) is 0. The van der Waals surface area contributed by atoms with Gasteiger partial charge in [0.1, 0.15) is 6.07 Å². The van der Waals surface area contributed by atoms with Crippen molar-refractivity contribution in [1.29, 1.82) is 5.26 Å². The maximum atomic E-state index is 12.8. The Morgan fingerprint density at radius 2 is 2.00 bits per heavy atom. The number of likely N-dealkylation sites (N-methyl/N-ethyl adjacent to an activating group) is 1. The molecule has 1 fully saturated rings. The van der Waals surface area contributed by atoms with E-state index in [1.807, 2.05) is 34.9 Å². The second-order valence-corrected chi connectivity index (χ2v) is 7.36. The lowest BCUT2D eigenvalue weighted by atomic mass is 10.2. The molecule has 9 nitrogen and oxygen atoms in total. The fourth-order valence-corrected chi connectivity index (χ4v) is 3.73. The van der Waals surface area contributed by atoms with Crippen LogP contribution in [0.1, 0.15) is 24.1 Å². The molecule has 0 radical (unpaired) electrons. The predicted molar refractivity (Wildman–Crippen MR) is 108 cm³/mol. The minimum Gasteiger partial charge on any atom is -0.454 e. The number of benzene rings is 1. The molecule has 1 saturated heterocycles. The van der Waals surface area contributed by atoms with Gasteiger partial charge in [0, 0.05) is 39.6 Å². The van der Waals surface area contributed by atoms with E-state index in [9.17, 15) is 10.1 Å². The third-order valence-corrected chi connectivity index (χ3v) is 5.39. The van der Waals surface area contributed by atoms with Crippen LogP contribution in [0.2, 0.25) is 0 Å². The van der Waals surface area contributed by atoms with Crippen molar-refractivity contribution in [3.05, 3.63) is 35.3 Å². The monoisotopic (exact) mass is 411 g/mol. The van der Waals surface area contributed by atoms with Crippen LogP contribution in [0.4, 0.5) is 5.88 Å². The maximum Gasteiger partial charge on any atom is 0.236 e. The van der Waals surface area contributed by atoms with Gasteiger partial charge in [-0.3, -0.25) is 9.69 Å². The summed E-state index contributed by atoms with van der Waals surface area (Å²) in [6, 6.07) is 7.96. The molecular weight excluding hydrogens is 386 g/mol. The van der Waals surface area contributed by atoms with Crippen LogP contribution in [0.3, 0.4) is 0 Å². The van der Waals surface area contributed by atoms with Crippen molar-refractivity contribution in [2.45, 2.75) is 20.4 Å². The molecule has 158 valence electrons. The minimum absolute atomic E-state index is 0.103. The highest BCUT2D eigenvalue weighted by Crippen LogP contribution is 2.32. The van der Waals surface area contributed by atoms with Crippen LogP contribution in [0, 0.1) is 18.3 Å². The van der Waals surface area contributed by atoms with Crippen LogP contribution in [-0.4, -0.2) is 66.8 Å². The number of amides is 1. The summed E-state index contributed by atoms with van der Waals surface area (Å²) in [7, 11) is 0. The zero-order valence-electron chi connectivity index (χ0n) is 17.3. The number of fused-ring (bicyclic) bond motifs is 1. The number of oxazole rings is 1. The number of piperazine rings is 1. The first kappa shape index (κ1) is 20.0. The number of aryl methyl sites for hydroxylation is 1. The van der Waals surface area contributed by atoms with Gasteiger partial charge >= 0.3 is 0 Å². The molecule has 3 heterocycles. The molecule has 0 bridgehead atoms. The molecule has 2 aliphatic heterocycles. The second kappa shape index (κ2) is 8.63. The molecule has 30 heavy (non-hydrogen) atoms. The van der Waals surface area contributed by atoms with E-state index in [0.717, 1.165) is 23.6 Å². The number of hydrogen-bond acceptors (Lipinski definition) is 8. The van der Waals surface area contributed by atoms with Gasteiger partial charge in [0.15, 0.2) is 17.4 Å². The topological polar surface area (TPSA) is 95.1 Å². The van der Waals surface area contributed by atoms with E-state index in [4.69, 9.17) is 13.9 Å². The van der Waals surface area contributed by atoms with Crippen molar-refractivity contribution in [2.24, 2.45) is 0 Å². The molecule has 0 spiro atoms. The first-order valence-corrected chi connectivity index (χ1v) is 10.1. The lowest BCUT2D eigenvalue weighted by molar-refractivity contribution is -0.132. The van der Waals surface area contributed by atoms with Gasteiger partial charge < -0.3 is 23.7 Å². The van der Waals surface area contributed by atoms with Gasteiger partial charge in [0.2, 0.25) is 24.3 Å². The largest absolute Gasteiger partial charge is 0.454 e. The van der Waals surface area contributed by atoms with Crippen LogP contribution >= 0.6 is 0 Å². The number of rotatable bonds is 6. The average molecular weight is 411 g/mol. The SMILES string of the molecule is CCN(CC(=O)N1CCN(c2oc(C)nc2C#N)CC1)Cc1ccc2c(c1)OCO2. The number of nitriles is 1. The molecular formula is C21H25N5O4.